The van der Waals surface area contributed by atoms with E-state index < -0.39 is 0 Å². The van der Waals surface area contributed by atoms with E-state index in [1.165, 1.54) is 13.3 Å². The molecule has 0 bridgehead atoms. The van der Waals surface area contributed by atoms with Gasteiger partial charge in [0, 0.05) is 37.8 Å². The average Bonchev–Trinajstić information content (AvgIpc) is 2.89. The summed E-state index contributed by atoms with van der Waals surface area (Å²) in [4.78, 5) is 29.7. The van der Waals surface area contributed by atoms with Gasteiger partial charge in [-0.25, -0.2) is 4.98 Å². The van der Waals surface area contributed by atoms with Gasteiger partial charge in [0.2, 0.25) is 11.8 Å². The Labute approximate surface area is 145 Å². The van der Waals surface area contributed by atoms with E-state index in [0.29, 0.717) is 24.5 Å². The number of ether oxygens (including phenoxy) is 1. The Morgan fingerprint density at radius 1 is 1.32 bits per heavy atom. The van der Waals surface area contributed by atoms with Crippen LogP contribution in [0.2, 0.25) is 0 Å². The summed E-state index contributed by atoms with van der Waals surface area (Å²) in [6.45, 7) is 3.97. The molecule has 1 N–H and O–H groups in total. The Morgan fingerprint density at radius 2 is 2.16 bits per heavy atom. The second-order valence-corrected chi connectivity index (χ2v) is 5.91. The van der Waals surface area contributed by atoms with Crippen molar-refractivity contribution < 1.29 is 14.3 Å². The third-order valence-corrected chi connectivity index (χ3v) is 4.15. The fraction of sp³-hybridized carbons (Fsp3) is 0.412. The molecule has 1 aliphatic rings. The highest BCUT2D eigenvalue weighted by Gasteiger charge is 2.18. The third-order valence-electron chi connectivity index (χ3n) is 4.15. The molecule has 0 atom stereocenters. The van der Waals surface area contributed by atoms with Crippen LogP contribution in [-0.4, -0.2) is 45.1 Å². The lowest BCUT2D eigenvalue weighted by Gasteiger charge is -2.17. The van der Waals surface area contributed by atoms with Crippen LogP contribution in [0.15, 0.2) is 24.4 Å². The van der Waals surface area contributed by atoms with E-state index in [-0.39, 0.29) is 11.8 Å². The molecular weight excluding hydrogens is 322 g/mol. The first-order valence-electron chi connectivity index (χ1n) is 8.16. The quantitative estimate of drug-likeness (QED) is 0.893. The summed E-state index contributed by atoms with van der Waals surface area (Å²) in [5.41, 5.74) is 2.24. The van der Waals surface area contributed by atoms with Crippen LogP contribution in [0.25, 0.3) is 0 Å². The molecule has 0 aromatic carbocycles. The molecule has 1 aliphatic heterocycles. The van der Waals surface area contributed by atoms with Gasteiger partial charge < -0.3 is 15.0 Å². The summed E-state index contributed by atoms with van der Waals surface area (Å²) in [5.74, 6) is 0.246. The van der Waals surface area contributed by atoms with E-state index in [9.17, 15) is 9.59 Å². The summed E-state index contributed by atoms with van der Waals surface area (Å²) in [6.07, 6.45) is 2.40. The smallest absolute Gasteiger partial charge is 0.251 e. The molecule has 0 spiro atoms. The topological polar surface area (TPSA) is 89.4 Å². The Balaban J connectivity index is 1.65. The monoisotopic (exact) mass is 343 g/mol. The van der Waals surface area contributed by atoms with E-state index >= 15 is 0 Å². The molecule has 0 saturated heterocycles. The van der Waals surface area contributed by atoms with Gasteiger partial charge in [0.15, 0.2) is 0 Å². The molecule has 0 aliphatic carbocycles. The highest BCUT2D eigenvalue weighted by molar-refractivity contribution is 5.94. The van der Waals surface area contributed by atoms with Crippen molar-refractivity contribution in [2.45, 2.75) is 33.0 Å². The Kier molecular flexibility index (Phi) is 4.97. The predicted octanol–water partition coefficient (Wildman–Crippen LogP) is 0.969. The van der Waals surface area contributed by atoms with Gasteiger partial charge in [-0.3, -0.25) is 14.3 Å². The summed E-state index contributed by atoms with van der Waals surface area (Å²) in [5, 5.41) is 7.38. The number of hydrogen-bond donors (Lipinski definition) is 1. The van der Waals surface area contributed by atoms with Crippen LogP contribution in [0.5, 0.6) is 5.88 Å². The molecule has 3 rings (SSSR count). The minimum atomic E-state index is -0.214. The van der Waals surface area contributed by atoms with Crippen LogP contribution >= 0.6 is 0 Å². The average molecular weight is 343 g/mol. The lowest BCUT2D eigenvalue weighted by molar-refractivity contribution is -0.129. The van der Waals surface area contributed by atoms with E-state index in [4.69, 9.17) is 4.74 Å². The Bertz CT molecular complexity index is 786. The van der Waals surface area contributed by atoms with Crippen molar-refractivity contribution in [1.29, 1.82) is 0 Å². The number of pyridine rings is 1. The zero-order valence-corrected chi connectivity index (χ0v) is 14.4. The molecule has 8 heteroatoms. The Morgan fingerprint density at radius 3 is 2.92 bits per heavy atom. The highest BCUT2D eigenvalue weighted by Crippen LogP contribution is 2.14. The number of rotatable bonds is 4. The zero-order chi connectivity index (χ0) is 17.8. The maximum absolute atomic E-state index is 12.2. The minimum Gasteiger partial charge on any atom is -0.481 e. The molecule has 132 valence electrons. The minimum absolute atomic E-state index is 0.0659. The molecule has 3 heterocycles. The SMILES string of the molecule is COc1cc(C(=O)NCc2cc3n(n2)CCCN(C(C)=O)C3)ccn1. The normalized spacial score (nSPS) is 13.8. The lowest BCUT2D eigenvalue weighted by atomic mass is 10.2. The first-order valence-corrected chi connectivity index (χ1v) is 8.16. The summed E-state index contributed by atoms with van der Waals surface area (Å²) >= 11 is 0. The van der Waals surface area contributed by atoms with Crippen molar-refractivity contribution in [1.82, 2.24) is 25.0 Å². The van der Waals surface area contributed by atoms with Crippen LogP contribution in [-0.2, 0) is 24.4 Å². The number of amides is 2. The summed E-state index contributed by atoms with van der Waals surface area (Å²) in [6, 6.07) is 5.15. The highest BCUT2D eigenvalue weighted by atomic mass is 16.5. The van der Waals surface area contributed by atoms with Crippen molar-refractivity contribution >= 4 is 11.8 Å². The third kappa shape index (κ3) is 3.96. The largest absolute Gasteiger partial charge is 0.481 e. The molecule has 2 aromatic rings. The number of aryl methyl sites for hydroxylation is 1. The summed E-state index contributed by atoms with van der Waals surface area (Å²) < 4.78 is 6.94. The van der Waals surface area contributed by atoms with Gasteiger partial charge in [0.1, 0.15) is 0 Å². The number of carbonyl (C=O) groups is 2. The van der Waals surface area contributed by atoms with Gasteiger partial charge in [-0.2, -0.15) is 5.10 Å². The Hall–Kier alpha value is -2.90. The number of carbonyl (C=O) groups excluding carboxylic acids is 2. The van der Waals surface area contributed by atoms with Gasteiger partial charge in [-0.05, 0) is 18.6 Å². The maximum atomic E-state index is 12.2. The van der Waals surface area contributed by atoms with Crippen LogP contribution < -0.4 is 10.1 Å². The number of aromatic nitrogens is 3. The number of nitrogens with one attached hydrogen (secondary N) is 1. The lowest BCUT2D eigenvalue weighted by Crippen LogP contribution is -2.28. The van der Waals surface area contributed by atoms with Crippen LogP contribution in [0.4, 0.5) is 0 Å². The predicted molar refractivity (Wildman–Crippen MR) is 89.9 cm³/mol. The second-order valence-electron chi connectivity index (χ2n) is 5.91. The number of hydrogen-bond acceptors (Lipinski definition) is 5. The molecule has 25 heavy (non-hydrogen) atoms. The van der Waals surface area contributed by atoms with E-state index in [0.717, 1.165) is 30.9 Å². The van der Waals surface area contributed by atoms with Crippen molar-refractivity contribution in [2.75, 3.05) is 13.7 Å². The molecule has 0 saturated carbocycles. The molecular formula is C17H21N5O3. The molecule has 0 fully saturated rings. The first-order chi connectivity index (χ1) is 12.1. The fourth-order valence-corrected chi connectivity index (χ4v) is 2.81. The fourth-order valence-electron chi connectivity index (χ4n) is 2.81. The van der Waals surface area contributed by atoms with Crippen molar-refractivity contribution in [3.05, 3.63) is 41.3 Å². The van der Waals surface area contributed by atoms with Crippen molar-refractivity contribution in [2.24, 2.45) is 0 Å². The van der Waals surface area contributed by atoms with Crippen molar-refractivity contribution in [3.63, 3.8) is 0 Å². The van der Waals surface area contributed by atoms with Gasteiger partial charge in [-0.1, -0.05) is 0 Å². The van der Waals surface area contributed by atoms with Crippen molar-refractivity contribution in [3.8, 4) is 5.88 Å². The van der Waals surface area contributed by atoms with Gasteiger partial charge in [0.25, 0.3) is 5.91 Å². The molecule has 0 radical (unpaired) electrons. The molecule has 0 unspecified atom stereocenters. The maximum Gasteiger partial charge on any atom is 0.251 e. The zero-order valence-electron chi connectivity index (χ0n) is 14.4. The molecule has 2 amide bonds. The van der Waals surface area contributed by atoms with E-state index in [1.807, 2.05) is 15.6 Å². The van der Waals surface area contributed by atoms with Crippen LogP contribution in [0.3, 0.4) is 0 Å². The van der Waals surface area contributed by atoms with E-state index in [1.54, 1.807) is 19.1 Å². The van der Waals surface area contributed by atoms with Crippen LogP contribution in [0, 0.1) is 0 Å². The number of methoxy groups -OCH3 is 1. The van der Waals surface area contributed by atoms with Gasteiger partial charge in [0.05, 0.1) is 31.6 Å². The van der Waals surface area contributed by atoms with Crippen LogP contribution in [0.1, 0.15) is 35.1 Å². The number of fused-ring (bicyclic) bond motifs is 1. The van der Waals surface area contributed by atoms with Gasteiger partial charge in [-0.15, -0.1) is 0 Å². The summed E-state index contributed by atoms with van der Waals surface area (Å²) in [7, 11) is 1.51. The van der Waals surface area contributed by atoms with Gasteiger partial charge >= 0.3 is 0 Å². The second kappa shape index (κ2) is 7.33. The molecule has 2 aromatic heterocycles. The molecule has 8 nitrogen and oxygen atoms in total. The van der Waals surface area contributed by atoms with E-state index in [2.05, 4.69) is 15.4 Å². The standard InChI is InChI=1S/C17H21N5O3/c1-12(23)21-6-3-7-22-15(11-21)9-14(20-22)10-19-17(24)13-4-5-18-16(8-13)25-2/h4-5,8-9H,3,6-7,10-11H2,1-2H3,(H,19,24). The first kappa shape index (κ1) is 16.9. The number of nitrogens with zero attached hydrogens (tertiary/aromatic N) is 4.